The molecule has 1 atom stereocenters. The van der Waals surface area contributed by atoms with Crippen LogP contribution in [0.25, 0.3) is 17.1 Å². The lowest BCUT2D eigenvalue weighted by Crippen LogP contribution is -2.24. The average molecular weight is 440 g/mol. The summed E-state index contributed by atoms with van der Waals surface area (Å²) in [5, 5.41) is 16.3. The number of nitrogens with one attached hydrogen (secondary N) is 1. The highest BCUT2D eigenvalue weighted by Crippen LogP contribution is 2.42. The first kappa shape index (κ1) is 18.8. The van der Waals surface area contributed by atoms with Crippen molar-refractivity contribution in [3.63, 3.8) is 0 Å². The number of nitrogens with zero attached hydrogens (tertiary/aromatic N) is 4. The Bertz CT molecular complexity index is 1260. The molecule has 3 aromatic heterocycles. The number of carbonyl (C=O) groups excluding carboxylic acids is 1. The van der Waals surface area contributed by atoms with Gasteiger partial charge < -0.3 is 9.73 Å². The summed E-state index contributed by atoms with van der Waals surface area (Å²) in [6.07, 6.45) is 0.251. The van der Waals surface area contributed by atoms with E-state index in [1.807, 2.05) is 43.3 Å². The SMILES string of the molecule is Cc1nn(-c2ccc(Cl)nn2)c2c1[C@@H](c1ccc(-c3ccccc3Cl)o1)CC(=O)N2. The summed E-state index contributed by atoms with van der Waals surface area (Å²) in [7, 11) is 0. The number of rotatable bonds is 3. The molecule has 4 aromatic rings. The van der Waals surface area contributed by atoms with Gasteiger partial charge in [-0.3, -0.25) is 4.79 Å². The molecule has 0 bridgehead atoms. The number of fused-ring (bicyclic) bond motifs is 1. The van der Waals surface area contributed by atoms with Crippen LogP contribution < -0.4 is 5.32 Å². The molecule has 0 unspecified atom stereocenters. The lowest BCUT2D eigenvalue weighted by atomic mass is 9.90. The van der Waals surface area contributed by atoms with E-state index in [1.165, 1.54) is 0 Å². The summed E-state index contributed by atoms with van der Waals surface area (Å²) in [6, 6.07) is 14.5. The van der Waals surface area contributed by atoms with Crippen molar-refractivity contribution in [2.75, 3.05) is 5.32 Å². The molecular formula is C21H15Cl2N5O2. The van der Waals surface area contributed by atoms with Crippen molar-refractivity contribution in [1.29, 1.82) is 0 Å². The van der Waals surface area contributed by atoms with Crippen molar-refractivity contribution in [3.8, 4) is 17.1 Å². The number of halogens is 2. The molecule has 1 aliphatic heterocycles. The molecule has 150 valence electrons. The molecule has 1 amide bonds. The van der Waals surface area contributed by atoms with E-state index in [4.69, 9.17) is 27.6 Å². The van der Waals surface area contributed by atoms with Crippen LogP contribution in [0.3, 0.4) is 0 Å². The van der Waals surface area contributed by atoms with E-state index < -0.39 is 0 Å². The molecular weight excluding hydrogens is 425 g/mol. The van der Waals surface area contributed by atoms with E-state index in [1.54, 1.807) is 16.8 Å². The van der Waals surface area contributed by atoms with Gasteiger partial charge >= 0.3 is 0 Å². The molecule has 0 fully saturated rings. The quantitative estimate of drug-likeness (QED) is 0.484. The molecule has 30 heavy (non-hydrogen) atoms. The van der Waals surface area contributed by atoms with Gasteiger partial charge in [0.1, 0.15) is 17.3 Å². The van der Waals surface area contributed by atoms with Crippen LogP contribution in [0.1, 0.15) is 29.4 Å². The van der Waals surface area contributed by atoms with E-state index >= 15 is 0 Å². The molecule has 0 saturated heterocycles. The molecule has 7 nitrogen and oxygen atoms in total. The molecule has 4 heterocycles. The average Bonchev–Trinajstić information content (AvgIpc) is 3.34. The number of anilines is 1. The Morgan fingerprint density at radius 3 is 2.70 bits per heavy atom. The third-order valence-electron chi connectivity index (χ3n) is 5.05. The standard InChI is InChI=1S/C21H15Cl2N5O2/c1-11-20-13(16-7-6-15(30-16)12-4-2-3-5-14(12)22)10-19(29)24-21(20)28(27-11)18-9-8-17(23)25-26-18/h2-9,13H,10H2,1H3,(H,24,29)/t13-/m1/s1. The number of aryl methyl sites for hydroxylation is 1. The number of hydrogen-bond donors (Lipinski definition) is 1. The minimum atomic E-state index is -0.279. The molecule has 0 spiro atoms. The monoisotopic (exact) mass is 439 g/mol. The van der Waals surface area contributed by atoms with E-state index in [0.717, 1.165) is 16.8 Å². The summed E-state index contributed by atoms with van der Waals surface area (Å²) < 4.78 is 7.70. The van der Waals surface area contributed by atoms with Gasteiger partial charge in [0.25, 0.3) is 0 Å². The van der Waals surface area contributed by atoms with Gasteiger partial charge in [-0.05, 0) is 43.3 Å². The predicted molar refractivity (Wildman–Crippen MR) is 113 cm³/mol. The second kappa shape index (κ2) is 7.27. The Balaban J connectivity index is 1.59. The lowest BCUT2D eigenvalue weighted by molar-refractivity contribution is -0.116. The van der Waals surface area contributed by atoms with Crippen molar-refractivity contribution in [3.05, 3.63) is 75.7 Å². The van der Waals surface area contributed by atoms with Crippen molar-refractivity contribution in [1.82, 2.24) is 20.0 Å². The van der Waals surface area contributed by atoms with E-state index in [-0.39, 0.29) is 23.4 Å². The highest BCUT2D eigenvalue weighted by atomic mass is 35.5. The zero-order valence-corrected chi connectivity index (χ0v) is 17.3. The fourth-order valence-electron chi connectivity index (χ4n) is 3.72. The van der Waals surface area contributed by atoms with Crippen molar-refractivity contribution < 1.29 is 9.21 Å². The molecule has 0 saturated carbocycles. The molecule has 1 aliphatic rings. The molecule has 0 radical (unpaired) electrons. The maximum atomic E-state index is 12.5. The van der Waals surface area contributed by atoms with Crippen LogP contribution in [0.15, 0.2) is 52.9 Å². The van der Waals surface area contributed by atoms with Crippen LogP contribution in [0, 0.1) is 6.92 Å². The van der Waals surface area contributed by atoms with Gasteiger partial charge in [0.05, 0.1) is 16.6 Å². The Labute approximate surface area is 181 Å². The highest BCUT2D eigenvalue weighted by Gasteiger charge is 2.34. The smallest absolute Gasteiger partial charge is 0.226 e. The maximum Gasteiger partial charge on any atom is 0.226 e. The largest absolute Gasteiger partial charge is 0.460 e. The Hall–Kier alpha value is -3.16. The van der Waals surface area contributed by atoms with E-state index in [2.05, 4.69) is 20.6 Å². The minimum Gasteiger partial charge on any atom is -0.460 e. The minimum absolute atomic E-state index is 0.133. The van der Waals surface area contributed by atoms with Gasteiger partial charge in [0.2, 0.25) is 5.91 Å². The van der Waals surface area contributed by atoms with Crippen molar-refractivity contribution in [2.45, 2.75) is 19.3 Å². The number of carbonyl (C=O) groups is 1. The third kappa shape index (κ3) is 3.16. The summed E-state index contributed by atoms with van der Waals surface area (Å²) in [6.45, 7) is 1.89. The van der Waals surface area contributed by atoms with Gasteiger partial charge in [-0.15, -0.1) is 10.2 Å². The first-order valence-corrected chi connectivity index (χ1v) is 10.0. The summed E-state index contributed by atoms with van der Waals surface area (Å²) >= 11 is 12.1. The van der Waals surface area contributed by atoms with E-state index in [0.29, 0.717) is 28.2 Å². The normalized spacial score (nSPS) is 15.7. The van der Waals surface area contributed by atoms with Gasteiger partial charge in [-0.1, -0.05) is 35.3 Å². The fraction of sp³-hybridized carbons (Fsp3) is 0.143. The predicted octanol–water partition coefficient (Wildman–Crippen LogP) is 5.01. The number of benzene rings is 1. The highest BCUT2D eigenvalue weighted by molar-refractivity contribution is 6.33. The molecule has 1 aromatic carbocycles. The Morgan fingerprint density at radius 1 is 1.10 bits per heavy atom. The van der Waals surface area contributed by atoms with Crippen molar-refractivity contribution >= 4 is 34.9 Å². The second-order valence-electron chi connectivity index (χ2n) is 6.96. The number of aromatic nitrogens is 4. The summed E-state index contributed by atoms with van der Waals surface area (Å²) in [4.78, 5) is 12.5. The van der Waals surface area contributed by atoms with Gasteiger partial charge in [-0.25, -0.2) is 0 Å². The Morgan fingerprint density at radius 2 is 1.93 bits per heavy atom. The zero-order chi connectivity index (χ0) is 20.8. The lowest BCUT2D eigenvalue weighted by Gasteiger charge is -2.22. The van der Waals surface area contributed by atoms with Crippen LogP contribution in [0.2, 0.25) is 10.2 Å². The van der Waals surface area contributed by atoms with Crippen LogP contribution in [-0.2, 0) is 4.79 Å². The zero-order valence-electron chi connectivity index (χ0n) is 15.8. The Kier molecular flexibility index (Phi) is 4.56. The van der Waals surface area contributed by atoms with Crippen molar-refractivity contribution in [2.24, 2.45) is 0 Å². The second-order valence-corrected chi connectivity index (χ2v) is 7.75. The number of amides is 1. The van der Waals surface area contributed by atoms with Crippen LogP contribution in [0.5, 0.6) is 0 Å². The third-order valence-corrected chi connectivity index (χ3v) is 5.58. The molecule has 5 rings (SSSR count). The number of furan rings is 1. The van der Waals surface area contributed by atoms with Crippen LogP contribution in [-0.4, -0.2) is 25.9 Å². The first-order chi connectivity index (χ1) is 14.5. The van der Waals surface area contributed by atoms with Gasteiger partial charge in [0, 0.05) is 17.5 Å². The fourth-order valence-corrected chi connectivity index (χ4v) is 4.05. The maximum absolute atomic E-state index is 12.5. The number of hydrogen-bond acceptors (Lipinski definition) is 5. The van der Waals surface area contributed by atoms with Gasteiger partial charge in [0.15, 0.2) is 11.0 Å². The molecule has 0 aliphatic carbocycles. The molecule has 1 N–H and O–H groups in total. The summed E-state index contributed by atoms with van der Waals surface area (Å²) in [5.41, 5.74) is 2.45. The summed E-state index contributed by atoms with van der Waals surface area (Å²) in [5.74, 6) is 1.93. The van der Waals surface area contributed by atoms with Gasteiger partial charge in [-0.2, -0.15) is 9.78 Å². The topological polar surface area (TPSA) is 85.8 Å². The molecule has 9 heteroatoms. The van der Waals surface area contributed by atoms with E-state index in [9.17, 15) is 4.79 Å². The first-order valence-electron chi connectivity index (χ1n) is 9.25. The van der Waals surface area contributed by atoms with Crippen LogP contribution in [0.4, 0.5) is 5.82 Å². The van der Waals surface area contributed by atoms with Crippen LogP contribution >= 0.6 is 23.2 Å².